The van der Waals surface area contributed by atoms with Crippen molar-refractivity contribution in [2.45, 2.75) is 0 Å². The van der Waals surface area contributed by atoms with Crippen LogP contribution in [0, 0.1) is 0 Å². The van der Waals surface area contributed by atoms with E-state index in [1.165, 1.54) is 18.1 Å². The Kier molecular flexibility index (Phi) is 4.11. The van der Waals surface area contributed by atoms with Gasteiger partial charge in [-0.25, -0.2) is 9.48 Å². The van der Waals surface area contributed by atoms with Gasteiger partial charge < -0.3 is 10.1 Å². The summed E-state index contributed by atoms with van der Waals surface area (Å²) in [7, 11) is 1.30. The molecule has 1 N–H and O–H groups in total. The Labute approximate surface area is 134 Å². The molecule has 9 heteroatoms. The molecule has 2 heterocycles. The molecule has 0 saturated carbocycles. The highest BCUT2D eigenvalue weighted by Gasteiger charge is 2.14. The number of carbonyl (C=O) groups is 2. The molecule has 1 aromatic carbocycles. The number of anilines is 1. The van der Waals surface area contributed by atoms with E-state index in [1.807, 2.05) is 6.07 Å². The smallest absolute Gasteiger partial charge is 0.348 e. The van der Waals surface area contributed by atoms with Crippen LogP contribution in [-0.4, -0.2) is 39.2 Å². The van der Waals surface area contributed by atoms with Crippen molar-refractivity contribution in [3.8, 4) is 5.69 Å². The van der Waals surface area contributed by atoms with Gasteiger partial charge in [0.2, 0.25) is 0 Å². The van der Waals surface area contributed by atoms with Gasteiger partial charge >= 0.3 is 5.97 Å². The first-order valence-electron chi connectivity index (χ1n) is 6.50. The maximum absolute atomic E-state index is 12.2. The predicted molar refractivity (Wildman–Crippen MR) is 82.8 cm³/mol. The van der Waals surface area contributed by atoms with Crippen LogP contribution in [0.25, 0.3) is 5.69 Å². The second-order valence-electron chi connectivity index (χ2n) is 4.41. The number of esters is 1. The van der Waals surface area contributed by atoms with E-state index >= 15 is 0 Å². The van der Waals surface area contributed by atoms with Gasteiger partial charge in [0.15, 0.2) is 0 Å². The molecule has 0 unspecified atom stereocenters. The molecule has 1 amide bonds. The minimum Gasteiger partial charge on any atom is -0.465 e. The van der Waals surface area contributed by atoms with Gasteiger partial charge in [0, 0.05) is 5.69 Å². The van der Waals surface area contributed by atoms with Gasteiger partial charge in [0.1, 0.15) is 11.2 Å². The minimum absolute atomic E-state index is 0.306. The standard InChI is InChI=1S/C14H11N5O3S/c1-22-14(21)12-6-5-11(23-12)13(20)16-9-3-2-4-10(7-9)19-8-15-17-18-19/h2-8H,1H3,(H,16,20). The van der Waals surface area contributed by atoms with Crippen LogP contribution in [0.1, 0.15) is 19.3 Å². The molecule has 0 aliphatic rings. The predicted octanol–water partition coefficient (Wildman–Crippen LogP) is 1.76. The van der Waals surface area contributed by atoms with Gasteiger partial charge in [-0.1, -0.05) is 6.07 Å². The Morgan fingerprint density at radius 3 is 2.78 bits per heavy atom. The molecule has 3 rings (SSSR count). The van der Waals surface area contributed by atoms with E-state index in [2.05, 4.69) is 25.6 Å². The minimum atomic E-state index is -0.463. The summed E-state index contributed by atoms with van der Waals surface area (Å²) >= 11 is 1.07. The lowest BCUT2D eigenvalue weighted by atomic mass is 10.2. The number of nitrogens with zero attached hydrogens (tertiary/aromatic N) is 4. The van der Waals surface area contributed by atoms with Crippen molar-refractivity contribution < 1.29 is 14.3 Å². The fraction of sp³-hybridized carbons (Fsp3) is 0.0714. The third-order valence-electron chi connectivity index (χ3n) is 2.93. The Hall–Kier alpha value is -3.07. The van der Waals surface area contributed by atoms with Crippen molar-refractivity contribution in [1.29, 1.82) is 0 Å². The molecule has 8 nitrogen and oxygen atoms in total. The van der Waals surface area contributed by atoms with Crippen LogP contribution in [0.5, 0.6) is 0 Å². The number of hydrogen-bond donors (Lipinski definition) is 1. The Bertz CT molecular complexity index is 844. The zero-order valence-corrected chi connectivity index (χ0v) is 12.8. The zero-order valence-electron chi connectivity index (χ0n) is 12.0. The van der Waals surface area contributed by atoms with Gasteiger partial charge in [-0.05, 0) is 40.8 Å². The van der Waals surface area contributed by atoms with Crippen LogP contribution >= 0.6 is 11.3 Å². The number of ether oxygens (including phenoxy) is 1. The van der Waals surface area contributed by atoms with Crippen LogP contribution in [0.2, 0.25) is 0 Å². The average molecular weight is 329 g/mol. The highest BCUT2D eigenvalue weighted by atomic mass is 32.1. The monoisotopic (exact) mass is 329 g/mol. The van der Waals surface area contributed by atoms with Gasteiger partial charge in [-0.3, -0.25) is 4.79 Å². The Morgan fingerprint density at radius 1 is 1.22 bits per heavy atom. The number of methoxy groups -OCH3 is 1. The van der Waals surface area contributed by atoms with Gasteiger partial charge in [0.25, 0.3) is 5.91 Å². The summed E-state index contributed by atoms with van der Waals surface area (Å²) in [6.45, 7) is 0. The van der Waals surface area contributed by atoms with Crippen molar-refractivity contribution in [3.63, 3.8) is 0 Å². The van der Waals surface area contributed by atoms with E-state index in [-0.39, 0.29) is 5.91 Å². The first-order chi connectivity index (χ1) is 11.2. The molecule has 2 aromatic heterocycles. The third kappa shape index (κ3) is 3.24. The zero-order chi connectivity index (χ0) is 16.2. The molecule has 0 aliphatic carbocycles. The highest BCUT2D eigenvalue weighted by Crippen LogP contribution is 2.20. The fourth-order valence-electron chi connectivity index (χ4n) is 1.87. The number of thiophene rings is 1. The molecule has 0 saturated heterocycles. The number of aromatic nitrogens is 4. The number of benzene rings is 1. The number of tetrazole rings is 1. The molecule has 0 aliphatic heterocycles. The van der Waals surface area contributed by atoms with Crippen molar-refractivity contribution in [3.05, 3.63) is 52.5 Å². The molecule has 0 radical (unpaired) electrons. The summed E-state index contributed by atoms with van der Waals surface area (Å²) in [5.74, 6) is -0.770. The summed E-state index contributed by atoms with van der Waals surface area (Å²) in [6, 6.07) is 10.2. The SMILES string of the molecule is COC(=O)c1ccc(C(=O)Nc2cccc(-n3cnnn3)c2)s1. The largest absolute Gasteiger partial charge is 0.465 e. The van der Waals surface area contributed by atoms with E-state index in [1.54, 1.807) is 30.3 Å². The van der Waals surface area contributed by atoms with Gasteiger partial charge in [-0.2, -0.15) is 0 Å². The maximum atomic E-state index is 12.2. The lowest BCUT2D eigenvalue weighted by Gasteiger charge is -2.05. The van der Waals surface area contributed by atoms with Gasteiger partial charge in [0.05, 0.1) is 17.7 Å². The van der Waals surface area contributed by atoms with Crippen molar-refractivity contribution in [2.24, 2.45) is 0 Å². The molecular formula is C14H11N5O3S. The number of amides is 1. The Morgan fingerprint density at radius 2 is 2.04 bits per heavy atom. The molecule has 0 bridgehead atoms. The topological polar surface area (TPSA) is 99.0 Å². The lowest BCUT2D eigenvalue weighted by molar-refractivity contribution is 0.0606. The summed E-state index contributed by atoms with van der Waals surface area (Å²) in [5, 5.41) is 13.7. The fourth-order valence-corrected chi connectivity index (χ4v) is 2.69. The van der Waals surface area contributed by atoms with Crippen LogP contribution in [0.3, 0.4) is 0 Å². The van der Waals surface area contributed by atoms with E-state index < -0.39 is 5.97 Å². The number of nitrogens with one attached hydrogen (secondary N) is 1. The number of rotatable bonds is 4. The van der Waals surface area contributed by atoms with Crippen LogP contribution in [0.15, 0.2) is 42.7 Å². The lowest BCUT2D eigenvalue weighted by Crippen LogP contribution is -2.10. The van der Waals surface area contributed by atoms with Gasteiger partial charge in [-0.15, -0.1) is 16.4 Å². The molecule has 116 valence electrons. The first-order valence-corrected chi connectivity index (χ1v) is 7.32. The number of carbonyl (C=O) groups excluding carboxylic acids is 2. The van der Waals surface area contributed by atoms with Crippen LogP contribution in [0.4, 0.5) is 5.69 Å². The third-order valence-corrected chi connectivity index (χ3v) is 4.00. The van der Waals surface area contributed by atoms with E-state index in [9.17, 15) is 9.59 Å². The van der Waals surface area contributed by atoms with Crippen LogP contribution < -0.4 is 5.32 Å². The normalized spacial score (nSPS) is 10.3. The summed E-state index contributed by atoms with van der Waals surface area (Å²) in [5.41, 5.74) is 1.31. The van der Waals surface area contributed by atoms with E-state index in [4.69, 9.17) is 0 Å². The second-order valence-corrected chi connectivity index (χ2v) is 5.50. The second kappa shape index (κ2) is 6.36. The van der Waals surface area contributed by atoms with Crippen molar-refractivity contribution in [1.82, 2.24) is 20.2 Å². The molecule has 0 spiro atoms. The molecule has 0 fully saturated rings. The first kappa shape index (κ1) is 14.9. The van der Waals surface area contributed by atoms with Crippen molar-refractivity contribution >= 4 is 28.9 Å². The Balaban J connectivity index is 1.76. The number of hydrogen-bond acceptors (Lipinski definition) is 7. The summed E-state index contributed by atoms with van der Waals surface area (Å²) in [4.78, 5) is 24.4. The molecular weight excluding hydrogens is 318 g/mol. The molecule has 23 heavy (non-hydrogen) atoms. The van der Waals surface area contributed by atoms with Crippen LogP contribution in [-0.2, 0) is 4.74 Å². The summed E-state index contributed by atoms with van der Waals surface area (Å²) < 4.78 is 6.11. The quantitative estimate of drug-likeness (QED) is 0.732. The average Bonchev–Trinajstić information content (AvgIpc) is 3.26. The van der Waals surface area contributed by atoms with E-state index in [0.717, 1.165) is 11.3 Å². The molecule has 0 atom stereocenters. The summed E-state index contributed by atoms with van der Waals surface area (Å²) in [6.07, 6.45) is 1.46. The molecule has 3 aromatic rings. The highest BCUT2D eigenvalue weighted by molar-refractivity contribution is 7.16. The van der Waals surface area contributed by atoms with E-state index in [0.29, 0.717) is 21.1 Å². The van der Waals surface area contributed by atoms with Crippen molar-refractivity contribution in [2.75, 3.05) is 12.4 Å². The maximum Gasteiger partial charge on any atom is 0.348 e.